The monoisotopic (exact) mass is 338 g/mol. The summed E-state index contributed by atoms with van der Waals surface area (Å²) in [6.45, 7) is 9.29. The molecule has 0 saturated carbocycles. The van der Waals surface area contributed by atoms with Crippen molar-refractivity contribution in [1.82, 2.24) is 0 Å². The molecule has 0 aliphatic carbocycles. The third-order valence-electron chi connectivity index (χ3n) is 5.51. The van der Waals surface area contributed by atoms with Crippen LogP contribution in [0, 0.1) is 0 Å². The van der Waals surface area contributed by atoms with Crippen molar-refractivity contribution in [2.45, 2.75) is 98.3 Å². The molecule has 138 valence electrons. The first kappa shape index (κ1) is 20.0. The highest BCUT2D eigenvalue weighted by molar-refractivity contribution is 5.91. The normalized spacial score (nSPS) is 11.4. The number of hydrogen-bond acceptors (Lipinski definition) is 0. The molecule has 2 aromatic rings. The van der Waals surface area contributed by atoms with Crippen LogP contribution in [0.2, 0.25) is 0 Å². The fraction of sp³-hybridized carbons (Fsp3) is 0.600. The molecule has 0 nitrogen and oxygen atoms in total. The van der Waals surface area contributed by atoms with Crippen molar-refractivity contribution in [3.63, 3.8) is 0 Å². The van der Waals surface area contributed by atoms with E-state index in [9.17, 15) is 0 Å². The Morgan fingerprint density at radius 2 is 0.880 bits per heavy atom. The average Bonchev–Trinajstić information content (AvgIpc) is 2.64. The summed E-state index contributed by atoms with van der Waals surface area (Å²) < 4.78 is 0. The Hall–Kier alpha value is -1.30. The largest absolute Gasteiger partial charge is 0.0654 e. The molecule has 0 N–H and O–H groups in total. The number of fused-ring (bicyclic) bond motifs is 1. The molecule has 0 aliphatic heterocycles. The second-order valence-corrected chi connectivity index (χ2v) is 7.52. The van der Waals surface area contributed by atoms with Crippen LogP contribution in [-0.4, -0.2) is 0 Å². The van der Waals surface area contributed by atoms with E-state index < -0.39 is 0 Å². The number of hydrogen-bond donors (Lipinski definition) is 0. The Labute approximate surface area is 156 Å². The fourth-order valence-electron chi connectivity index (χ4n) is 4.18. The molecule has 0 unspecified atom stereocenters. The summed E-state index contributed by atoms with van der Waals surface area (Å²) in [6, 6.07) is 9.25. The lowest BCUT2D eigenvalue weighted by Gasteiger charge is -2.23. The molecule has 0 spiro atoms. The van der Waals surface area contributed by atoms with Crippen LogP contribution in [0.3, 0.4) is 0 Å². The van der Waals surface area contributed by atoms with E-state index in [4.69, 9.17) is 0 Å². The van der Waals surface area contributed by atoms with Gasteiger partial charge in [0, 0.05) is 0 Å². The highest BCUT2D eigenvalue weighted by Crippen LogP contribution is 2.34. The lowest BCUT2D eigenvalue weighted by atomic mass is 9.82. The first-order valence-corrected chi connectivity index (χ1v) is 10.8. The quantitative estimate of drug-likeness (QED) is 0.392. The first-order valence-electron chi connectivity index (χ1n) is 10.8. The van der Waals surface area contributed by atoms with Crippen LogP contribution in [0.15, 0.2) is 24.3 Å². The standard InChI is InChI=1S/C25H38/c1-5-9-15-21-20(14-8-4)24-18-12-13-19-25(24)23(17-11-7-3)22(21)16-10-6-2/h12-13,18-19H,5-11,14-17H2,1-4H3. The maximum atomic E-state index is 2.39. The molecule has 0 saturated heterocycles. The zero-order chi connectivity index (χ0) is 18.1. The second-order valence-electron chi connectivity index (χ2n) is 7.52. The summed E-state index contributed by atoms with van der Waals surface area (Å²) >= 11 is 0. The van der Waals surface area contributed by atoms with Crippen LogP contribution in [0.25, 0.3) is 10.8 Å². The molecule has 25 heavy (non-hydrogen) atoms. The van der Waals surface area contributed by atoms with E-state index in [1.807, 2.05) is 0 Å². The van der Waals surface area contributed by atoms with Gasteiger partial charge >= 0.3 is 0 Å². The van der Waals surface area contributed by atoms with Crippen molar-refractivity contribution >= 4 is 10.8 Å². The van der Waals surface area contributed by atoms with E-state index in [2.05, 4.69) is 52.0 Å². The number of unbranched alkanes of at least 4 members (excludes halogenated alkanes) is 3. The average molecular weight is 339 g/mol. The Bertz CT molecular complexity index is 651. The van der Waals surface area contributed by atoms with Gasteiger partial charge in [-0.1, -0.05) is 77.6 Å². The van der Waals surface area contributed by atoms with Crippen molar-refractivity contribution in [1.29, 1.82) is 0 Å². The Morgan fingerprint density at radius 1 is 0.480 bits per heavy atom. The summed E-state index contributed by atoms with van der Waals surface area (Å²) in [4.78, 5) is 0. The predicted molar refractivity (Wildman–Crippen MR) is 114 cm³/mol. The highest BCUT2D eigenvalue weighted by Gasteiger charge is 2.17. The van der Waals surface area contributed by atoms with E-state index in [0.717, 1.165) is 0 Å². The molecular formula is C25H38. The molecule has 2 rings (SSSR count). The van der Waals surface area contributed by atoms with Gasteiger partial charge in [0.1, 0.15) is 0 Å². The van der Waals surface area contributed by atoms with Crippen molar-refractivity contribution < 1.29 is 0 Å². The molecule has 0 amide bonds. The lowest BCUT2D eigenvalue weighted by molar-refractivity contribution is 0.730. The van der Waals surface area contributed by atoms with Crippen LogP contribution in [-0.2, 0) is 25.7 Å². The fourth-order valence-corrected chi connectivity index (χ4v) is 4.18. The number of rotatable bonds is 11. The van der Waals surface area contributed by atoms with Gasteiger partial charge in [-0.05, 0) is 78.0 Å². The summed E-state index contributed by atoms with van der Waals surface area (Å²) in [7, 11) is 0. The van der Waals surface area contributed by atoms with E-state index in [1.54, 1.807) is 33.0 Å². The molecule has 0 fully saturated rings. The zero-order valence-corrected chi connectivity index (χ0v) is 17.1. The first-order chi connectivity index (χ1) is 12.3. The third kappa shape index (κ3) is 4.87. The maximum absolute atomic E-state index is 2.39. The smallest absolute Gasteiger partial charge is 0.0146 e. The summed E-state index contributed by atoms with van der Waals surface area (Å²) in [5.74, 6) is 0. The SMILES string of the molecule is CCCCc1c(CCCC)c(CCCC)c2ccccc2c1CCC. The van der Waals surface area contributed by atoms with E-state index in [0.29, 0.717) is 0 Å². The Morgan fingerprint density at radius 3 is 1.28 bits per heavy atom. The molecular weight excluding hydrogens is 300 g/mol. The summed E-state index contributed by atoms with van der Waals surface area (Å²) in [6.07, 6.45) is 14.1. The van der Waals surface area contributed by atoms with E-state index in [-0.39, 0.29) is 0 Å². The zero-order valence-electron chi connectivity index (χ0n) is 17.1. The molecule has 0 atom stereocenters. The molecule has 0 aliphatic rings. The van der Waals surface area contributed by atoms with E-state index in [1.165, 1.54) is 70.6 Å². The number of aryl methyl sites for hydroxylation is 2. The van der Waals surface area contributed by atoms with Crippen LogP contribution >= 0.6 is 0 Å². The van der Waals surface area contributed by atoms with Gasteiger partial charge in [-0.15, -0.1) is 0 Å². The molecule has 0 radical (unpaired) electrons. The molecule has 2 aromatic carbocycles. The van der Waals surface area contributed by atoms with Crippen LogP contribution in [0.1, 0.15) is 94.9 Å². The maximum Gasteiger partial charge on any atom is -0.0146 e. The van der Waals surface area contributed by atoms with Gasteiger partial charge in [0.2, 0.25) is 0 Å². The molecule has 0 heterocycles. The van der Waals surface area contributed by atoms with Gasteiger partial charge in [0.15, 0.2) is 0 Å². The Balaban J connectivity index is 2.71. The van der Waals surface area contributed by atoms with Gasteiger partial charge in [-0.2, -0.15) is 0 Å². The number of benzene rings is 2. The van der Waals surface area contributed by atoms with Crippen molar-refractivity contribution in [3.8, 4) is 0 Å². The predicted octanol–water partition coefficient (Wildman–Crippen LogP) is 7.82. The molecule has 0 bridgehead atoms. The Kier molecular flexibility index (Phi) is 8.52. The molecule has 0 aromatic heterocycles. The van der Waals surface area contributed by atoms with E-state index >= 15 is 0 Å². The second kappa shape index (κ2) is 10.6. The van der Waals surface area contributed by atoms with Gasteiger partial charge in [-0.25, -0.2) is 0 Å². The van der Waals surface area contributed by atoms with Crippen molar-refractivity contribution in [2.75, 3.05) is 0 Å². The van der Waals surface area contributed by atoms with Crippen LogP contribution in [0.5, 0.6) is 0 Å². The van der Waals surface area contributed by atoms with Gasteiger partial charge in [0.25, 0.3) is 0 Å². The minimum absolute atomic E-state index is 1.23. The van der Waals surface area contributed by atoms with Gasteiger partial charge < -0.3 is 0 Å². The topological polar surface area (TPSA) is 0 Å². The van der Waals surface area contributed by atoms with Crippen molar-refractivity contribution in [2.24, 2.45) is 0 Å². The van der Waals surface area contributed by atoms with Gasteiger partial charge in [0.05, 0.1) is 0 Å². The minimum atomic E-state index is 1.23. The molecule has 0 heteroatoms. The summed E-state index contributed by atoms with van der Waals surface area (Å²) in [5, 5.41) is 3.09. The third-order valence-corrected chi connectivity index (χ3v) is 5.51. The van der Waals surface area contributed by atoms with Crippen molar-refractivity contribution in [3.05, 3.63) is 46.5 Å². The summed E-state index contributed by atoms with van der Waals surface area (Å²) in [5.41, 5.74) is 6.79. The van der Waals surface area contributed by atoms with Crippen LogP contribution < -0.4 is 0 Å². The lowest BCUT2D eigenvalue weighted by Crippen LogP contribution is -2.08. The van der Waals surface area contributed by atoms with Crippen LogP contribution in [0.4, 0.5) is 0 Å². The minimum Gasteiger partial charge on any atom is -0.0654 e. The van der Waals surface area contributed by atoms with Gasteiger partial charge in [-0.3, -0.25) is 0 Å². The highest BCUT2D eigenvalue weighted by atomic mass is 14.2.